The lowest BCUT2D eigenvalue weighted by molar-refractivity contribution is -0.137. The fourth-order valence-corrected chi connectivity index (χ4v) is 4.91. The summed E-state index contributed by atoms with van der Waals surface area (Å²) in [6.07, 6.45) is 6.82. The number of carbonyl (C=O) groups excluding carboxylic acids is 2. The van der Waals surface area contributed by atoms with Crippen molar-refractivity contribution < 1.29 is 19.5 Å². The number of rotatable bonds is 13. The predicted octanol–water partition coefficient (Wildman–Crippen LogP) is 4.25. The van der Waals surface area contributed by atoms with Gasteiger partial charge in [-0.05, 0) is 12.8 Å². The Balaban J connectivity index is 0.000000638. The van der Waals surface area contributed by atoms with E-state index in [1.165, 1.54) is 30.6 Å². The molecule has 2 amide bonds. The van der Waals surface area contributed by atoms with E-state index in [1.54, 1.807) is 4.90 Å². The van der Waals surface area contributed by atoms with Crippen molar-refractivity contribution in [2.24, 2.45) is 0 Å². The molecule has 210 valence electrons. The van der Waals surface area contributed by atoms with Crippen LogP contribution < -0.4 is 15.5 Å². The van der Waals surface area contributed by atoms with Crippen LogP contribution in [0.1, 0.15) is 68.6 Å². The van der Waals surface area contributed by atoms with Crippen LogP contribution in [0, 0.1) is 0 Å². The van der Waals surface area contributed by atoms with E-state index in [2.05, 4.69) is 34.5 Å². The van der Waals surface area contributed by atoms with Crippen molar-refractivity contribution in [3.05, 3.63) is 35.3 Å². The van der Waals surface area contributed by atoms with Crippen molar-refractivity contribution in [2.45, 2.75) is 58.8 Å². The van der Waals surface area contributed by atoms with E-state index >= 15 is 0 Å². The summed E-state index contributed by atoms with van der Waals surface area (Å²) < 4.78 is 0. The van der Waals surface area contributed by atoms with Crippen molar-refractivity contribution in [2.75, 3.05) is 51.2 Å². The molecule has 3 N–H and O–H groups in total. The maximum absolute atomic E-state index is 12.8. The van der Waals surface area contributed by atoms with Gasteiger partial charge in [0.25, 0.3) is 5.91 Å². The number of anilines is 1. The number of thiazole rings is 1. The average Bonchev–Trinajstić information content (AvgIpc) is 3.40. The Hall–Kier alpha value is -2.98. The fraction of sp³-hybridized carbons (Fsp3) is 0.571. The van der Waals surface area contributed by atoms with Gasteiger partial charge < -0.3 is 25.5 Å². The minimum Gasteiger partial charge on any atom is -0.481 e. The largest absolute Gasteiger partial charge is 0.481 e. The summed E-state index contributed by atoms with van der Waals surface area (Å²) in [5.74, 6) is -1.04. The topological polar surface area (TPSA) is 115 Å². The minimum atomic E-state index is -0.693. The Bertz CT molecular complexity index is 992. The minimum absolute atomic E-state index is 0.00126. The Labute approximate surface area is 230 Å². The first-order valence-corrected chi connectivity index (χ1v) is 14.4. The van der Waals surface area contributed by atoms with Gasteiger partial charge in [-0.25, -0.2) is 4.98 Å². The van der Waals surface area contributed by atoms with Crippen LogP contribution in [0.4, 0.5) is 5.00 Å². The standard InChI is InChI=1S/C23H33N5O2S.C5H10O2/c1-3-4-5-9-14-27(2)23-20(18-10-7-6-8-11-18)26-22(31-23)21(30)25-17-19(29)28-15-12-24-13-16-28;1-2-3-4-5(6)7/h6-8,10-11,24H,3-5,9,12-17H2,1-2H3,(H,25,30);2-4H2,1H3,(H,6,7). The molecule has 1 aromatic carbocycles. The second-order valence-corrected chi connectivity index (χ2v) is 10.3. The van der Waals surface area contributed by atoms with Crippen LogP contribution in [-0.4, -0.2) is 79.1 Å². The molecule has 1 fully saturated rings. The summed E-state index contributed by atoms with van der Waals surface area (Å²) >= 11 is 1.39. The molecule has 1 aliphatic rings. The fourth-order valence-electron chi connectivity index (χ4n) is 3.91. The summed E-state index contributed by atoms with van der Waals surface area (Å²) in [5.41, 5.74) is 1.81. The van der Waals surface area contributed by atoms with Gasteiger partial charge in [0.2, 0.25) is 5.91 Å². The molecule has 0 bridgehead atoms. The van der Waals surface area contributed by atoms with Crippen LogP contribution in [0.15, 0.2) is 30.3 Å². The molecule has 0 radical (unpaired) electrons. The van der Waals surface area contributed by atoms with Gasteiger partial charge in [-0.1, -0.05) is 81.2 Å². The molecule has 1 aliphatic heterocycles. The number of nitrogens with one attached hydrogen (secondary N) is 2. The average molecular weight is 546 g/mol. The summed E-state index contributed by atoms with van der Waals surface area (Å²) in [4.78, 5) is 43.5. The number of hydrogen-bond acceptors (Lipinski definition) is 7. The van der Waals surface area contributed by atoms with Crippen LogP contribution in [0.3, 0.4) is 0 Å². The second-order valence-electron chi connectivity index (χ2n) is 9.33. The number of carboxylic acids is 1. The van der Waals surface area contributed by atoms with E-state index < -0.39 is 5.97 Å². The monoisotopic (exact) mass is 545 g/mol. The molecule has 0 saturated carbocycles. The second kappa shape index (κ2) is 17.5. The molecule has 1 aromatic heterocycles. The smallest absolute Gasteiger partial charge is 0.303 e. The van der Waals surface area contributed by atoms with Crippen molar-refractivity contribution in [3.63, 3.8) is 0 Å². The van der Waals surface area contributed by atoms with Gasteiger partial charge in [-0.15, -0.1) is 0 Å². The highest BCUT2D eigenvalue weighted by molar-refractivity contribution is 7.18. The number of aromatic nitrogens is 1. The molecule has 9 nitrogen and oxygen atoms in total. The zero-order chi connectivity index (χ0) is 27.8. The number of benzene rings is 1. The molecule has 1 saturated heterocycles. The Morgan fingerprint density at radius 2 is 1.74 bits per heavy atom. The molecular weight excluding hydrogens is 502 g/mol. The van der Waals surface area contributed by atoms with Crippen LogP contribution in [0.25, 0.3) is 11.3 Å². The zero-order valence-corrected chi connectivity index (χ0v) is 23.8. The van der Waals surface area contributed by atoms with Gasteiger partial charge in [-0.2, -0.15) is 0 Å². The lowest BCUT2D eigenvalue weighted by atomic mass is 10.1. The number of carbonyl (C=O) groups is 3. The third-order valence-electron chi connectivity index (χ3n) is 6.16. The molecule has 10 heteroatoms. The van der Waals surface area contributed by atoms with Crippen LogP contribution in [0.2, 0.25) is 0 Å². The third-order valence-corrected chi connectivity index (χ3v) is 7.33. The van der Waals surface area contributed by atoms with E-state index in [0.717, 1.165) is 55.2 Å². The SMILES string of the molecule is CCCCC(=O)O.CCCCCCN(C)c1sc(C(=O)NCC(=O)N2CCNCC2)nc1-c1ccccc1. The number of piperazine rings is 1. The molecule has 0 spiro atoms. The number of amides is 2. The third kappa shape index (κ3) is 10.8. The van der Waals surface area contributed by atoms with E-state index in [9.17, 15) is 14.4 Å². The number of unbranched alkanes of at least 4 members (excludes halogenated alkanes) is 4. The van der Waals surface area contributed by atoms with Crippen LogP contribution in [0.5, 0.6) is 0 Å². The van der Waals surface area contributed by atoms with Gasteiger partial charge in [-0.3, -0.25) is 14.4 Å². The molecule has 3 rings (SSSR count). The first kappa shape index (κ1) is 31.2. The van der Waals surface area contributed by atoms with Gasteiger partial charge in [0.1, 0.15) is 10.7 Å². The highest BCUT2D eigenvalue weighted by atomic mass is 32.1. The lowest BCUT2D eigenvalue weighted by Gasteiger charge is -2.27. The number of aliphatic carboxylic acids is 1. The maximum atomic E-state index is 12.8. The maximum Gasteiger partial charge on any atom is 0.303 e. The van der Waals surface area contributed by atoms with E-state index in [0.29, 0.717) is 24.5 Å². The van der Waals surface area contributed by atoms with E-state index in [1.807, 2.05) is 37.3 Å². The first-order valence-electron chi connectivity index (χ1n) is 13.6. The van der Waals surface area contributed by atoms with Gasteiger partial charge in [0.15, 0.2) is 5.01 Å². The van der Waals surface area contributed by atoms with Crippen LogP contribution >= 0.6 is 11.3 Å². The van der Waals surface area contributed by atoms with Crippen molar-refractivity contribution in [1.29, 1.82) is 0 Å². The molecule has 38 heavy (non-hydrogen) atoms. The molecule has 2 heterocycles. The quantitative estimate of drug-likeness (QED) is 0.322. The highest BCUT2D eigenvalue weighted by Crippen LogP contribution is 2.35. The number of carboxylic acid groups (broad SMARTS) is 1. The Morgan fingerprint density at radius 3 is 2.34 bits per heavy atom. The molecule has 0 aliphatic carbocycles. The van der Waals surface area contributed by atoms with Gasteiger partial charge in [0, 0.05) is 51.8 Å². The molecular formula is C28H43N5O4S. The van der Waals surface area contributed by atoms with E-state index in [4.69, 9.17) is 5.11 Å². The van der Waals surface area contributed by atoms with Crippen molar-refractivity contribution >= 4 is 34.1 Å². The summed E-state index contributed by atoms with van der Waals surface area (Å²) in [6.45, 7) is 8.04. The van der Waals surface area contributed by atoms with E-state index in [-0.39, 0.29) is 18.4 Å². The summed E-state index contributed by atoms with van der Waals surface area (Å²) in [5, 5.41) is 15.4. The van der Waals surface area contributed by atoms with Gasteiger partial charge >= 0.3 is 5.97 Å². The Morgan fingerprint density at radius 1 is 1.05 bits per heavy atom. The first-order chi connectivity index (χ1) is 18.4. The summed E-state index contributed by atoms with van der Waals surface area (Å²) in [6, 6.07) is 9.95. The molecule has 2 aromatic rings. The van der Waals surface area contributed by atoms with Crippen molar-refractivity contribution in [1.82, 2.24) is 20.5 Å². The zero-order valence-electron chi connectivity index (χ0n) is 23.0. The van der Waals surface area contributed by atoms with Crippen LogP contribution in [-0.2, 0) is 9.59 Å². The van der Waals surface area contributed by atoms with Crippen molar-refractivity contribution in [3.8, 4) is 11.3 Å². The normalized spacial score (nSPS) is 12.9. The predicted molar refractivity (Wildman–Crippen MR) is 154 cm³/mol. The number of nitrogens with zero attached hydrogens (tertiary/aromatic N) is 3. The number of hydrogen-bond donors (Lipinski definition) is 3. The lowest BCUT2D eigenvalue weighted by Crippen LogP contribution is -2.49. The highest BCUT2D eigenvalue weighted by Gasteiger charge is 2.22. The van der Waals surface area contributed by atoms with Gasteiger partial charge in [0.05, 0.1) is 6.54 Å². The summed E-state index contributed by atoms with van der Waals surface area (Å²) in [7, 11) is 2.06. The Kier molecular flexibility index (Phi) is 14.4. The molecule has 0 unspecified atom stereocenters. The molecule has 0 atom stereocenters.